The summed E-state index contributed by atoms with van der Waals surface area (Å²) in [6.45, 7) is 0. The van der Waals surface area contributed by atoms with Crippen LogP contribution in [0.3, 0.4) is 0 Å². The zero-order valence-corrected chi connectivity index (χ0v) is 44.1. The van der Waals surface area contributed by atoms with Gasteiger partial charge in [-0.15, -0.1) is 0 Å². The zero-order chi connectivity index (χ0) is 54.7. The first-order valence-corrected chi connectivity index (χ1v) is 26.0. The molecule has 0 amide bonds. The van der Waals surface area contributed by atoms with Crippen LogP contribution in [-0.2, 0) is 0 Å². The van der Waals surface area contributed by atoms with E-state index in [1.807, 2.05) is 215 Å². The van der Waals surface area contributed by atoms with Crippen LogP contribution < -0.4 is 14.2 Å². The van der Waals surface area contributed by atoms with Gasteiger partial charge in [0, 0.05) is 105 Å². The van der Waals surface area contributed by atoms with Crippen molar-refractivity contribution >= 4 is 49.7 Å². The Bertz CT molecular complexity index is 4240. The Labute approximate surface area is 464 Å². The maximum absolute atomic E-state index is 5.22. The van der Waals surface area contributed by atoms with Crippen LogP contribution in [-0.4, -0.2) is 80.1 Å². The molecule has 0 unspecified atom stereocenters. The minimum absolute atomic E-state index is 0.823. The molecule has 0 radical (unpaired) electrons. The smallest absolute Gasteiger partial charge is 0.162 e. The number of methoxy groups -OCH3 is 3. The van der Waals surface area contributed by atoms with Crippen LogP contribution in [0.25, 0.3) is 116 Å². The van der Waals surface area contributed by atoms with Gasteiger partial charge >= 0.3 is 0 Å². The molecule has 0 aliphatic carbocycles. The van der Waals surface area contributed by atoms with Gasteiger partial charge in [-0.25, -0.2) is 28.5 Å². The van der Waals surface area contributed by atoms with Crippen LogP contribution in [0.5, 0.6) is 17.2 Å². The molecule has 0 atom stereocenters. The topological polar surface area (TPSA) is 157 Å². The second-order valence-electron chi connectivity index (χ2n) is 18.8. The van der Waals surface area contributed by atoms with Gasteiger partial charge in [0.15, 0.2) is 16.9 Å². The van der Waals surface area contributed by atoms with Gasteiger partial charge in [0.05, 0.1) is 56.5 Å². The first kappa shape index (κ1) is 49.4. The molecule has 15 rings (SSSR count). The summed E-state index contributed by atoms with van der Waals surface area (Å²) in [7, 11) is 4.99. The van der Waals surface area contributed by atoms with Crippen molar-refractivity contribution in [1.82, 2.24) is 58.7 Å². The van der Waals surface area contributed by atoms with Crippen LogP contribution in [0.1, 0.15) is 0 Å². The third kappa shape index (κ3) is 9.71. The number of pyridine rings is 3. The van der Waals surface area contributed by atoms with Crippen LogP contribution in [0, 0.1) is 0 Å². The van der Waals surface area contributed by atoms with Crippen molar-refractivity contribution in [2.75, 3.05) is 21.3 Å². The minimum atomic E-state index is 0.823. The normalized spacial score (nSPS) is 11.1. The summed E-state index contributed by atoms with van der Waals surface area (Å²) in [6.07, 6.45) is 22.6. The van der Waals surface area contributed by atoms with Crippen molar-refractivity contribution in [3.05, 3.63) is 238 Å². The van der Waals surface area contributed by atoms with Gasteiger partial charge in [-0.3, -0.25) is 15.0 Å². The molecule has 0 bridgehead atoms. The number of fused-ring (bicyclic) bond motifs is 6. The number of hydrogen-bond donors (Lipinski definition) is 0. The average Bonchev–Trinajstić information content (AvgIpc) is 4.39. The van der Waals surface area contributed by atoms with Crippen LogP contribution in [0.2, 0.25) is 0 Å². The van der Waals surface area contributed by atoms with Gasteiger partial charge in [-0.2, -0.15) is 15.3 Å². The van der Waals surface area contributed by atoms with E-state index in [-0.39, 0.29) is 0 Å². The lowest BCUT2D eigenvalue weighted by molar-refractivity contribution is 0.415. The summed E-state index contributed by atoms with van der Waals surface area (Å²) in [5.74, 6) is 2.50. The van der Waals surface area contributed by atoms with Gasteiger partial charge in [0.25, 0.3) is 0 Å². The van der Waals surface area contributed by atoms with Crippen LogP contribution in [0.15, 0.2) is 238 Å². The molecule has 81 heavy (non-hydrogen) atoms. The van der Waals surface area contributed by atoms with Crippen molar-refractivity contribution < 1.29 is 14.2 Å². The lowest BCUT2D eigenvalue weighted by Crippen LogP contribution is -1.92. The molecule has 15 nitrogen and oxygen atoms in total. The first-order chi connectivity index (χ1) is 40.0. The molecular weight excluding hydrogens is 1010 g/mol. The zero-order valence-electron chi connectivity index (χ0n) is 44.1. The number of nitrogens with zero attached hydrogens (tertiary/aromatic N) is 12. The van der Waals surface area contributed by atoms with Gasteiger partial charge in [0.1, 0.15) is 17.2 Å². The van der Waals surface area contributed by atoms with Gasteiger partial charge < -0.3 is 14.2 Å². The molecule has 6 aromatic carbocycles. The van der Waals surface area contributed by atoms with Gasteiger partial charge in [-0.1, -0.05) is 91.0 Å². The molecule has 0 saturated heterocycles. The van der Waals surface area contributed by atoms with Crippen LogP contribution in [0.4, 0.5) is 0 Å². The van der Waals surface area contributed by atoms with E-state index in [2.05, 4.69) is 66.6 Å². The molecule has 390 valence electrons. The Morgan fingerprint density at radius 1 is 0.272 bits per heavy atom. The molecular formula is C66H48N12O3. The molecule has 0 aliphatic heterocycles. The third-order valence-electron chi connectivity index (χ3n) is 14.1. The Kier molecular flexibility index (Phi) is 13.2. The largest absolute Gasteiger partial charge is 0.497 e. The Morgan fingerprint density at radius 2 is 0.568 bits per heavy atom. The standard InChI is InChI=1S/3C22H16N4O/c3*1-27-17-9-7-15(8-10-17)16-12-24-22-20(13-25-26(22)14-16)18-4-2-6-21-19(18)5-3-11-23-21/h3*2-14H,1H3. The van der Waals surface area contributed by atoms with Crippen molar-refractivity contribution in [3.63, 3.8) is 0 Å². The molecule has 9 aromatic heterocycles. The lowest BCUT2D eigenvalue weighted by atomic mass is 10.0. The number of ether oxygens (including phenoxy) is 3. The molecule has 15 aromatic rings. The van der Waals surface area contributed by atoms with Gasteiger partial charge in [0.2, 0.25) is 0 Å². The highest BCUT2D eigenvalue weighted by atomic mass is 16.5. The van der Waals surface area contributed by atoms with E-state index in [0.29, 0.717) is 0 Å². The van der Waals surface area contributed by atoms with Gasteiger partial charge in [-0.05, 0) is 106 Å². The molecule has 0 N–H and O–H groups in total. The quantitative estimate of drug-likeness (QED) is 0.135. The third-order valence-corrected chi connectivity index (χ3v) is 14.1. The van der Waals surface area contributed by atoms with Crippen molar-refractivity contribution in [3.8, 4) is 84.0 Å². The van der Waals surface area contributed by atoms with E-state index >= 15 is 0 Å². The maximum atomic E-state index is 5.22. The monoisotopic (exact) mass is 1060 g/mol. The van der Waals surface area contributed by atoms with E-state index in [1.54, 1.807) is 21.3 Å². The average molecular weight is 1060 g/mol. The fourth-order valence-corrected chi connectivity index (χ4v) is 10.0. The predicted octanol–water partition coefficient (Wildman–Crippen LogP) is 13.9. The number of rotatable bonds is 9. The Balaban J connectivity index is 0.000000114. The van der Waals surface area contributed by atoms with E-state index < -0.39 is 0 Å². The number of hydrogen-bond acceptors (Lipinski definition) is 12. The predicted molar refractivity (Wildman–Crippen MR) is 317 cm³/mol. The second-order valence-corrected chi connectivity index (χ2v) is 18.8. The fraction of sp³-hybridized carbons (Fsp3) is 0.0455. The summed E-state index contributed by atoms with van der Waals surface area (Å²) in [5.41, 5.74) is 17.8. The van der Waals surface area contributed by atoms with E-state index in [4.69, 9.17) is 29.2 Å². The first-order valence-electron chi connectivity index (χ1n) is 26.0. The van der Waals surface area contributed by atoms with E-state index in [1.165, 1.54) is 0 Å². The van der Waals surface area contributed by atoms with E-state index in [0.717, 1.165) is 134 Å². The SMILES string of the molecule is COc1ccc(-c2cnc3c(-c4cccc5ncccc45)cnn3c2)cc1.COc1ccc(-c2cnc3c(-c4cccc5ncccc45)cnn3c2)cc1.COc1ccc(-c2cnc3c(-c4cccc5ncccc45)cnn3c2)cc1. The molecule has 0 spiro atoms. The van der Waals surface area contributed by atoms with Crippen LogP contribution >= 0.6 is 0 Å². The van der Waals surface area contributed by atoms with E-state index in [9.17, 15) is 0 Å². The molecule has 0 aliphatic rings. The minimum Gasteiger partial charge on any atom is -0.497 e. The Hall–Kier alpha value is -11.2. The summed E-state index contributed by atoms with van der Waals surface area (Å²) in [6, 6.07) is 54.2. The second kappa shape index (κ2) is 21.7. The highest BCUT2D eigenvalue weighted by molar-refractivity contribution is 6.00. The number of benzene rings is 6. The highest BCUT2D eigenvalue weighted by Crippen LogP contribution is 2.35. The highest BCUT2D eigenvalue weighted by Gasteiger charge is 2.16. The molecule has 0 saturated carbocycles. The molecule has 9 heterocycles. The van der Waals surface area contributed by atoms with Crippen molar-refractivity contribution in [2.24, 2.45) is 0 Å². The number of aromatic nitrogens is 12. The molecule has 15 heteroatoms. The van der Waals surface area contributed by atoms with Crippen molar-refractivity contribution in [2.45, 2.75) is 0 Å². The summed E-state index contributed by atoms with van der Waals surface area (Å²) >= 11 is 0. The maximum Gasteiger partial charge on any atom is 0.162 e. The summed E-state index contributed by atoms with van der Waals surface area (Å²) in [4.78, 5) is 27.4. The van der Waals surface area contributed by atoms with Crippen molar-refractivity contribution in [1.29, 1.82) is 0 Å². The fourth-order valence-electron chi connectivity index (χ4n) is 10.0. The Morgan fingerprint density at radius 3 is 0.852 bits per heavy atom. The molecule has 0 fully saturated rings. The lowest BCUT2D eigenvalue weighted by Gasteiger charge is -2.06. The summed E-state index contributed by atoms with van der Waals surface area (Å²) < 4.78 is 21.1. The summed E-state index contributed by atoms with van der Waals surface area (Å²) in [5, 5.41) is 16.9.